The standard InChI is InChI=1S/C16H13ClIN3OS/c1-10-13(18)7-8-14(19-10)20-16(23)21-15(22)9-4-11-2-5-12(17)6-3-11/h2-9H,1H3,(H2,19,20,21,22,23)/b9-4+. The fourth-order valence-corrected chi connectivity index (χ4v) is 2.29. The molecule has 4 nitrogen and oxygen atoms in total. The van der Waals surface area contributed by atoms with E-state index in [1.807, 2.05) is 25.1 Å². The van der Waals surface area contributed by atoms with Gasteiger partial charge in [0, 0.05) is 14.7 Å². The molecule has 0 saturated carbocycles. The van der Waals surface area contributed by atoms with E-state index in [9.17, 15) is 4.79 Å². The van der Waals surface area contributed by atoms with Gasteiger partial charge in [0.15, 0.2) is 5.11 Å². The summed E-state index contributed by atoms with van der Waals surface area (Å²) < 4.78 is 1.06. The lowest BCUT2D eigenvalue weighted by Gasteiger charge is -2.08. The van der Waals surface area contributed by atoms with E-state index in [0.717, 1.165) is 14.8 Å². The zero-order chi connectivity index (χ0) is 16.8. The number of hydrogen-bond acceptors (Lipinski definition) is 3. The van der Waals surface area contributed by atoms with E-state index in [0.29, 0.717) is 10.8 Å². The van der Waals surface area contributed by atoms with Crippen LogP contribution in [-0.2, 0) is 4.79 Å². The van der Waals surface area contributed by atoms with Gasteiger partial charge in [0.05, 0.1) is 5.69 Å². The fraction of sp³-hybridized carbons (Fsp3) is 0.0625. The van der Waals surface area contributed by atoms with Crippen molar-refractivity contribution in [2.45, 2.75) is 6.92 Å². The van der Waals surface area contributed by atoms with Crippen LogP contribution in [0.15, 0.2) is 42.5 Å². The molecule has 23 heavy (non-hydrogen) atoms. The number of amides is 1. The minimum atomic E-state index is -0.320. The number of benzene rings is 1. The van der Waals surface area contributed by atoms with Crippen LogP contribution < -0.4 is 10.6 Å². The number of nitrogens with zero attached hydrogens (tertiary/aromatic N) is 1. The van der Waals surface area contributed by atoms with Gasteiger partial charge in [-0.05, 0) is 77.6 Å². The lowest BCUT2D eigenvalue weighted by Crippen LogP contribution is -2.33. The van der Waals surface area contributed by atoms with Crippen LogP contribution in [0.25, 0.3) is 6.08 Å². The highest BCUT2D eigenvalue weighted by Crippen LogP contribution is 2.12. The smallest absolute Gasteiger partial charge is 0.250 e. The number of thiocarbonyl (C=S) groups is 1. The van der Waals surface area contributed by atoms with E-state index in [1.165, 1.54) is 6.08 Å². The Bertz CT molecular complexity index is 762. The van der Waals surface area contributed by atoms with Crippen LogP contribution in [0.5, 0.6) is 0 Å². The van der Waals surface area contributed by atoms with Crippen molar-refractivity contribution in [1.29, 1.82) is 0 Å². The molecule has 1 amide bonds. The first-order chi connectivity index (χ1) is 10.9. The average molecular weight is 458 g/mol. The van der Waals surface area contributed by atoms with Crippen molar-refractivity contribution in [1.82, 2.24) is 10.3 Å². The summed E-state index contributed by atoms with van der Waals surface area (Å²) in [5.41, 5.74) is 1.77. The van der Waals surface area contributed by atoms with Crippen molar-refractivity contribution in [3.63, 3.8) is 0 Å². The van der Waals surface area contributed by atoms with Crippen LogP contribution in [0.1, 0.15) is 11.3 Å². The second kappa shape index (κ2) is 8.37. The number of aryl methyl sites for hydroxylation is 1. The Hall–Kier alpha value is -1.51. The van der Waals surface area contributed by atoms with Gasteiger partial charge in [-0.3, -0.25) is 10.1 Å². The van der Waals surface area contributed by atoms with Gasteiger partial charge in [-0.1, -0.05) is 23.7 Å². The molecule has 0 unspecified atom stereocenters. The summed E-state index contributed by atoms with van der Waals surface area (Å²) in [6.45, 7) is 1.91. The lowest BCUT2D eigenvalue weighted by molar-refractivity contribution is -0.115. The van der Waals surface area contributed by atoms with Crippen LogP contribution in [0.2, 0.25) is 5.02 Å². The van der Waals surface area contributed by atoms with Crippen LogP contribution in [0.3, 0.4) is 0 Å². The van der Waals surface area contributed by atoms with Gasteiger partial charge in [0.25, 0.3) is 0 Å². The van der Waals surface area contributed by atoms with Crippen molar-refractivity contribution < 1.29 is 4.79 Å². The van der Waals surface area contributed by atoms with Crippen molar-refractivity contribution >= 4 is 69.3 Å². The molecule has 0 aliphatic heterocycles. The minimum absolute atomic E-state index is 0.198. The number of carbonyl (C=O) groups is 1. The highest BCUT2D eigenvalue weighted by molar-refractivity contribution is 14.1. The first kappa shape index (κ1) is 17.8. The number of nitrogens with one attached hydrogen (secondary N) is 2. The largest absolute Gasteiger partial charge is 0.317 e. The summed E-state index contributed by atoms with van der Waals surface area (Å²) in [4.78, 5) is 16.2. The van der Waals surface area contributed by atoms with Crippen LogP contribution in [0, 0.1) is 10.5 Å². The van der Waals surface area contributed by atoms with E-state index in [4.69, 9.17) is 23.8 Å². The van der Waals surface area contributed by atoms with Gasteiger partial charge >= 0.3 is 0 Å². The molecule has 0 spiro atoms. The second-order valence-corrected chi connectivity index (χ2v) is 6.60. The number of aromatic nitrogens is 1. The predicted octanol–water partition coefficient (Wildman–Crippen LogP) is 4.17. The van der Waals surface area contributed by atoms with E-state index in [1.54, 1.807) is 24.3 Å². The second-order valence-electron chi connectivity index (χ2n) is 4.59. The molecule has 0 atom stereocenters. The highest BCUT2D eigenvalue weighted by atomic mass is 127. The summed E-state index contributed by atoms with van der Waals surface area (Å²) in [5.74, 6) is 0.273. The quantitative estimate of drug-likeness (QED) is 0.413. The minimum Gasteiger partial charge on any atom is -0.317 e. The normalized spacial score (nSPS) is 10.6. The summed E-state index contributed by atoms with van der Waals surface area (Å²) in [6.07, 6.45) is 3.09. The Morgan fingerprint density at radius 3 is 2.61 bits per heavy atom. The molecule has 7 heteroatoms. The fourth-order valence-electron chi connectivity index (χ4n) is 1.66. The molecule has 0 aliphatic carbocycles. The molecular weight excluding hydrogens is 445 g/mol. The number of anilines is 1. The highest BCUT2D eigenvalue weighted by Gasteiger charge is 2.04. The number of pyridine rings is 1. The SMILES string of the molecule is Cc1nc(NC(=S)NC(=O)/C=C/c2ccc(Cl)cc2)ccc1I. The summed E-state index contributed by atoms with van der Waals surface area (Å²) in [6, 6.07) is 10.9. The molecule has 1 aromatic heterocycles. The molecule has 0 radical (unpaired) electrons. The van der Waals surface area contributed by atoms with Gasteiger partial charge in [-0.25, -0.2) is 4.98 Å². The zero-order valence-electron chi connectivity index (χ0n) is 12.1. The molecule has 0 bridgehead atoms. The predicted molar refractivity (Wildman–Crippen MR) is 107 cm³/mol. The van der Waals surface area contributed by atoms with Crippen molar-refractivity contribution in [3.8, 4) is 0 Å². The molecule has 2 aromatic rings. The molecule has 118 valence electrons. The molecule has 0 saturated heterocycles. The van der Waals surface area contributed by atoms with Crippen molar-refractivity contribution in [3.05, 3.63) is 62.3 Å². The van der Waals surface area contributed by atoms with Gasteiger partial charge in [-0.15, -0.1) is 0 Å². The van der Waals surface area contributed by atoms with Gasteiger partial charge in [0.2, 0.25) is 5.91 Å². The van der Waals surface area contributed by atoms with Crippen LogP contribution >= 0.6 is 46.4 Å². The summed E-state index contributed by atoms with van der Waals surface area (Å²) in [5, 5.41) is 6.30. The topological polar surface area (TPSA) is 54.0 Å². The lowest BCUT2D eigenvalue weighted by atomic mass is 10.2. The molecule has 2 rings (SSSR count). The molecule has 0 fully saturated rings. The van der Waals surface area contributed by atoms with Gasteiger partial charge in [0.1, 0.15) is 5.82 Å². The molecule has 2 N–H and O–H groups in total. The summed E-state index contributed by atoms with van der Waals surface area (Å²) >= 11 is 13.1. The Balaban J connectivity index is 1.90. The maximum Gasteiger partial charge on any atom is 0.250 e. The molecule has 0 aliphatic rings. The van der Waals surface area contributed by atoms with E-state index >= 15 is 0 Å². The summed E-state index contributed by atoms with van der Waals surface area (Å²) in [7, 11) is 0. The van der Waals surface area contributed by atoms with Crippen molar-refractivity contribution in [2.24, 2.45) is 0 Å². The molecule has 1 heterocycles. The first-order valence-corrected chi connectivity index (χ1v) is 8.49. The third-order valence-corrected chi connectivity index (χ3v) is 4.39. The third-order valence-electron chi connectivity index (χ3n) is 2.80. The number of halogens is 2. The van der Waals surface area contributed by atoms with E-state index < -0.39 is 0 Å². The van der Waals surface area contributed by atoms with Crippen LogP contribution in [0.4, 0.5) is 5.82 Å². The number of hydrogen-bond donors (Lipinski definition) is 2. The average Bonchev–Trinajstić information content (AvgIpc) is 2.50. The number of rotatable bonds is 3. The maximum atomic E-state index is 11.8. The van der Waals surface area contributed by atoms with E-state index in [2.05, 4.69) is 38.2 Å². The Labute approximate surface area is 158 Å². The van der Waals surface area contributed by atoms with E-state index in [-0.39, 0.29) is 11.0 Å². The first-order valence-electron chi connectivity index (χ1n) is 6.63. The zero-order valence-corrected chi connectivity index (χ0v) is 15.9. The number of carbonyl (C=O) groups excluding carboxylic acids is 1. The Kier molecular flexibility index (Phi) is 6.49. The monoisotopic (exact) mass is 457 g/mol. The van der Waals surface area contributed by atoms with Crippen molar-refractivity contribution in [2.75, 3.05) is 5.32 Å². The molecule has 1 aromatic carbocycles. The third kappa shape index (κ3) is 5.89. The maximum absolute atomic E-state index is 11.8. The van der Waals surface area contributed by atoms with Crippen LogP contribution in [-0.4, -0.2) is 16.0 Å². The van der Waals surface area contributed by atoms with Gasteiger partial charge in [-0.2, -0.15) is 0 Å². The molecular formula is C16H13ClIN3OS. The Morgan fingerprint density at radius 2 is 1.96 bits per heavy atom. The Morgan fingerprint density at radius 1 is 1.26 bits per heavy atom. The van der Waals surface area contributed by atoms with Gasteiger partial charge < -0.3 is 5.32 Å².